The normalized spacial score (nSPS) is 11.6. The van der Waals surface area contributed by atoms with Crippen molar-refractivity contribution in [3.05, 3.63) is 65.5 Å². The number of aryl methyl sites for hydroxylation is 3. The summed E-state index contributed by atoms with van der Waals surface area (Å²) in [7, 11) is -1.86. The lowest BCUT2D eigenvalue weighted by molar-refractivity contribution is 0.593. The van der Waals surface area contributed by atoms with Crippen molar-refractivity contribution < 1.29 is 8.42 Å². The van der Waals surface area contributed by atoms with Crippen LogP contribution in [0.4, 0.5) is 17.5 Å². The number of nitrogens with one attached hydrogen (secondary N) is 3. The first-order chi connectivity index (χ1) is 15.3. The van der Waals surface area contributed by atoms with Gasteiger partial charge in [-0.1, -0.05) is 18.2 Å². The van der Waals surface area contributed by atoms with E-state index >= 15 is 0 Å². The zero-order chi connectivity index (χ0) is 22.9. The van der Waals surface area contributed by atoms with E-state index in [1.54, 1.807) is 31.3 Å². The van der Waals surface area contributed by atoms with Gasteiger partial charge < -0.3 is 10.6 Å². The molecule has 0 aliphatic rings. The minimum Gasteiger partial charge on any atom is -0.366 e. The van der Waals surface area contributed by atoms with E-state index in [1.807, 2.05) is 22.9 Å². The van der Waals surface area contributed by atoms with Crippen LogP contribution < -0.4 is 14.9 Å². The summed E-state index contributed by atoms with van der Waals surface area (Å²) in [5.74, 6) is 0.957. The van der Waals surface area contributed by atoms with Gasteiger partial charge in [-0.15, -0.1) is 4.24 Å². The van der Waals surface area contributed by atoms with E-state index in [2.05, 4.69) is 43.9 Å². The predicted molar refractivity (Wildman–Crippen MR) is 125 cm³/mol. The first-order valence-electron chi connectivity index (χ1n) is 9.76. The third kappa shape index (κ3) is 4.52. The highest BCUT2D eigenvalue weighted by Crippen LogP contribution is 2.23. The topological polar surface area (TPSA) is 114 Å². The molecule has 11 heteroatoms. The van der Waals surface area contributed by atoms with Gasteiger partial charge in [-0.25, -0.2) is 13.4 Å². The smallest absolute Gasteiger partial charge is 0.254 e. The second-order valence-corrected chi connectivity index (χ2v) is 9.43. The van der Waals surface area contributed by atoms with Gasteiger partial charge >= 0.3 is 0 Å². The lowest BCUT2D eigenvalue weighted by Crippen LogP contribution is -2.15. The Labute approximate surface area is 191 Å². The third-order valence-corrected chi connectivity index (χ3v) is 6.99. The highest BCUT2D eigenvalue weighted by atomic mass is 35.5. The molecule has 0 saturated heterocycles. The molecule has 0 unspecified atom stereocenters. The number of benzene rings is 2. The van der Waals surface area contributed by atoms with Gasteiger partial charge in [0.2, 0.25) is 5.95 Å². The summed E-state index contributed by atoms with van der Waals surface area (Å²) in [5, 5.41) is 12.0. The average molecular weight is 472 g/mol. The summed E-state index contributed by atoms with van der Waals surface area (Å²) >= 11 is 5.36. The molecule has 4 aromatic rings. The van der Waals surface area contributed by atoms with E-state index in [1.165, 1.54) is 6.07 Å². The summed E-state index contributed by atoms with van der Waals surface area (Å²) in [6.07, 6.45) is 1.62. The molecule has 0 fully saturated rings. The number of hydrogen-bond acceptors (Lipinski definition) is 7. The van der Waals surface area contributed by atoms with Crippen LogP contribution in [0.5, 0.6) is 0 Å². The van der Waals surface area contributed by atoms with E-state index in [0.717, 1.165) is 22.2 Å². The van der Waals surface area contributed by atoms with Gasteiger partial charge in [0.1, 0.15) is 5.82 Å². The lowest BCUT2D eigenvalue weighted by atomic mass is 10.1. The van der Waals surface area contributed by atoms with Gasteiger partial charge in [0, 0.05) is 36.6 Å². The van der Waals surface area contributed by atoms with Crippen LogP contribution in [-0.4, -0.2) is 28.2 Å². The van der Waals surface area contributed by atoms with Gasteiger partial charge in [-0.2, -0.15) is 10.1 Å². The molecule has 0 bridgehead atoms. The van der Waals surface area contributed by atoms with Crippen LogP contribution in [0.15, 0.2) is 53.6 Å². The van der Waals surface area contributed by atoms with Crippen LogP contribution in [0.2, 0.25) is 0 Å². The van der Waals surface area contributed by atoms with E-state index in [4.69, 9.17) is 11.8 Å². The molecule has 2 aromatic carbocycles. The fourth-order valence-electron chi connectivity index (χ4n) is 3.33. The highest BCUT2D eigenvalue weighted by molar-refractivity contribution is 7.90. The maximum absolute atomic E-state index is 12.1. The Bertz CT molecular complexity index is 1400. The molecule has 0 amide bonds. The van der Waals surface area contributed by atoms with Gasteiger partial charge in [0.25, 0.3) is 10.0 Å². The molecule has 32 heavy (non-hydrogen) atoms. The van der Waals surface area contributed by atoms with Crippen LogP contribution in [0.25, 0.3) is 10.9 Å². The van der Waals surface area contributed by atoms with Crippen molar-refractivity contribution in [3.63, 3.8) is 0 Å². The minimum absolute atomic E-state index is 0.0759. The van der Waals surface area contributed by atoms with E-state index < -0.39 is 10.0 Å². The molecule has 0 aliphatic carbocycles. The molecule has 0 saturated carbocycles. The number of sulfonamides is 1. The van der Waals surface area contributed by atoms with Crippen molar-refractivity contribution in [3.8, 4) is 0 Å². The zero-order valence-corrected chi connectivity index (χ0v) is 19.3. The van der Waals surface area contributed by atoms with Crippen molar-refractivity contribution in [2.24, 2.45) is 7.05 Å². The lowest BCUT2D eigenvalue weighted by Gasteiger charge is -2.11. The van der Waals surface area contributed by atoms with Gasteiger partial charge in [0.05, 0.1) is 10.4 Å². The summed E-state index contributed by atoms with van der Waals surface area (Å²) in [6.45, 7) is 4.30. The van der Waals surface area contributed by atoms with Crippen molar-refractivity contribution in [1.29, 1.82) is 0 Å². The van der Waals surface area contributed by atoms with Crippen molar-refractivity contribution in [2.45, 2.75) is 25.3 Å². The Morgan fingerprint density at radius 1 is 1.09 bits per heavy atom. The molecule has 4 rings (SSSR count). The Balaban J connectivity index is 1.49. The molecule has 0 radical (unpaired) electrons. The van der Waals surface area contributed by atoms with Crippen molar-refractivity contribution in [2.75, 3.05) is 10.6 Å². The Kier molecular flexibility index (Phi) is 6.00. The monoisotopic (exact) mass is 471 g/mol. The third-order valence-electron chi connectivity index (χ3n) is 5.16. The number of aromatic nitrogens is 4. The molecule has 3 N–H and O–H groups in total. The van der Waals surface area contributed by atoms with E-state index in [-0.39, 0.29) is 4.90 Å². The molecule has 9 nitrogen and oxygen atoms in total. The van der Waals surface area contributed by atoms with Gasteiger partial charge in [-0.05, 0) is 61.0 Å². The van der Waals surface area contributed by atoms with Gasteiger partial charge in [0.15, 0.2) is 0 Å². The fraction of sp³-hybridized carbons (Fsp3) is 0.190. The molecule has 0 spiro atoms. The molecular formula is C21H22ClN7O2S. The zero-order valence-electron chi connectivity index (χ0n) is 17.7. The molecule has 0 atom stereocenters. The van der Waals surface area contributed by atoms with Crippen LogP contribution >= 0.6 is 11.8 Å². The standard InChI is InChI=1S/C21H22ClN7O2S/c1-13-4-6-16(11-19(13)32(30,31)28-22)25-21-23-9-8-20(26-21)24-12-15-5-7-17-14(2)29(3)27-18(17)10-15/h4-11,28H,12H2,1-3H3,(H2,23,24,25,26). The summed E-state index contributed by atoms with van der Waals surface area (Å²) in [6, 6.07) is 12.8. The minimum atomic E-state index is -3.79. The molecule has 2 aromatic heterocycles. The van der Waals surface area contributed by atoms with Crippen LogP contribution in [-0.2, 0) is 23.6 Å². The summed E-state index contributed by atoms with van der Waals surface area (Å²) in [5.41, 5.74) is 4.24. The second kappa shape index (κ2) is 8.73. The Morgan fingerprint density at radius 3 is 2.69 bits per heavy atom. The molecule has 0 aliphatic heterocycles. The fourth-order valence-corrected chi connectivity index (χ4v) is 4.44. The number of hydrogen-bond donors (Lipinski definition) is 3. The predicted octanol–water partition coefficient (Wildman–Crippen LogP) is 3.77. The number of nitrogens with zero attached hydrogens (tertiary/aromatic N) is 4. The van der Waals surface area contributed by atoms with Crippen LogP contribution in [0.1, 0.15) is 16.8 Å². The number of fused-ring (bicyclic) bond motifs is 1. The number of rotatable bonds is 7. The first kappa shape index (κ1) is 22.0. The first-order valence-corrected chi connectivity index (χ1v) is 11.6. The number of anilines is 3. The summed E-state index contributed by atoms with van der Waals surface area (Å²) in [4.78, 5) is 8.74. The van der Waals surface area contributed by atoms with Crippen molar-refractivity contribution >= 4 is 50.2 Å². The largest absolute Gasteiger partial charge is 0.366 e. The van der Waals surface area contributed by atoms with E-state index in [0.29, 0.717) is 29.6 Å². The van der Waals surface area contributed by atoms with Crippen LogP contribution in [0, 0.1) is 13.8 Å². The number of halogens is 1. The molecular weight excluding hydrogens is 450 g/mol. The van der Waals surface area contributed by atoms with Crippen LogP contribution in [0.3, 0.4) is 0 Å². The molecule has 166 valence electrons. The average Bonchev–Trinajstić information content (AvgIpc) is 3.06. The van der Waals surface area contributed by atoms with Crippen molar-refractivity contribution in [1.82, 2.24) is 24.0 Å². The maximum atomic E-state index is 12.1. The Hall–Kier alpha value is -3.21. The Morgan fingerprint density at radius 2 is 1.91 bits per heavy atom. The SMILES string of the molecule is Cc1ccc(Nc2nccc(NCc3ccc4c(C)n(C)nc4c3)n2)cc1S(=O)(=O)NCl. The van der Waals surface area contributed by atoms with E-state index in [9.17, 15) is 8.42 Å². The maximum Gasteiger partial charge on any atom is 0.254 e. The highest BCUT2D eigenvalue weighted by Gasteiger charge is 2.16. The summed E-state index contributed by atoms with van der Waals surface area (Å²) < 4.78 is 27.9. The van der Waals surface area contributed by atoms with Gasteiger partial charge in [-0.3, -0.25) is 4.68 Å². The second-order valence-electron chi connectivity index (χ2n) is 7.37. The quantitative estimate of drug-likeness (QED) is 0.351. The molecule has 2 heterocycles.